The van der Waals surface area contributed by atoms with Gasteiger partial charge in [0.2, 0.25) is 0 Å². The fourth-order valence-electron chi connectivity index (χ4n) is 2.34. The molecule has 2 heterocycles. The Morgan fingerprint density at radius 3 is 2.86 bits per heavy atom. The van der Waals surface area contributed by atoms with Crippen LogP contribution in [0.15, 0.2) is 35.8 Å². The SMILES string of the molecule is O=C(O)CCC(=O)c1cc(-c2c[nH]c3cccc(F)c23)cs1. The number of benzene rings is 1. The number of aliphatic carboxylic acids is 1. The van der Waals surface area contributed by atoms with E-state index in [0.717, 1.165) is 5.56 Å². The van der Waals surface area contributed by atoms with Gasteiger partial charge in [-0.05, 0) is 29.1 Å². The van der Waals surface area contributed by atoms with E-state index in [2.05, 4.69) is 4.98 Å². The Hall–Kier alpha value is -2.47. The molecule has 0 saturated carbocycles. The average molecular weight is 317 g/mol. The lowest BCUT2D eigenvalue weighted by Crippen LogP contribution is -2.01. The number of Topliss-reactive ketones (excluding diaryl/α,β-unsaturated/α-hetero) is 1. The molecule has 0 amide bonds. The van der Waals surface area contributed by atoms with Gasteiger partial charge in [0, 0.05) is 29.1 Å². The third kappa shape index (κ3) is 2.65. The Kier molecular flexibility index (Phi) is 3.77. The average Bonchev–Trinajstić information content (AvgIpc) is 3.11. The molecule has 2 aromatic heterocycles. The number of ketones is 1. The van der Waals surface area contributed by atoms with Gasteiger partial charge in [-0.3, -0.25) is 9.59 Å². The standard InChI is InChI=1S/C16H12FNO3S/c17-11-2-1-3-12-16(11)10(7-18-12)9-6-14(22-8-9)13(19)4-5-15(20)21/h1-3,6-8,18H,4-5H2,(H,20,21). The van der Waals surface area contributed by atoms with E-state index in [9.17, 15) is 14.0 Å². The normalized spacial score (nSPS) is 11.0. The first-order valence-corrected chi connectivity index (χ1v) is 7.53. The van der Waals surface area contributed by atoms with Crippen molar-refractivity contribution in [3.05, 3.63) is 46.5 Å². The number of halogens is 1. The van der Waals surface area contributed by atoms with Gasteiger partial charge in [0.05, 0.1) is 11.3 Å². The molecule has 3 rings (SSSR count). The van der Waals surface area contributed by atoms with Gasteiger partial charge in [-0.2, -0.15) is 0 Å². The minimum absolute atomic E-state index is 0.0302. The second-order valence-corrected chi connectivity index (χ2v) is 5.79. The highest BCUT2D eigenvalue weighted by Gasteiger charge is 2.15. The number of H-pyrrole nitrogens is 1. The number of thiophene rings is 1. The molecule has 2 N–H and O–H groups in total. The van der Waals surface area contributed by atoms with Crippen LogP contribution in [0.3, 0.4) is 0 Å². The largest absolute Gasteiger partial charge is 0.481 e. The number of rotatable bonds is 5. The number of hydrogen-bond donors (Lipinski definition) is 2. The summed E-state index contributed by atoms with van der Waals surface area (Å²) in [6, 6.07) is 6.49. The number of fused-ring (bicyclic) bond motifs is 1. The van der Waals surface area contributed by atoms with Gasteiger partial charge >= 0.3 is 5.97 Å². The predicted octanol–water partition coefficient (Wildman–Crippen LogP) is 4.08. The van der Waals surface area contributed by atoms with Crippen molar-refractivity contribution in [1.82, 2.24) is 4.98 Å². The van der Waals surface area contributed by atoms with Gasteiger partial charge in [0.25, 0.3) is 0 Å². The highest BCUT2D eigenvalue weighted by atomic mass is 32.1. The van der Waals surface area contributed by atoms with E-state index in [0.29, 0.717) is 21.3 Å². The van der Waals surface area contributed by atoms with Crippen molar-refractivity contribution in [2.24, 2.45) is 0 Å². The molecule has 0 bridgehead atoms. The fraction of sp³-hybridized carbons (Fsp3) is 0.125. The Balaban J connectivity index is 1.93. The third-order valence-corrected chi connectivity index (χ3v) is 4.38. The van der Waals surface area contributed by atoms with Crippen LogP contribution >= 0.6 is 11.3 Å². The van der Waals surface area contributed by atoms with Crippen LogP contribution in [0.2, 0.25) is 0 Å². The molecule has 0 aliphatic heterocycles. The Morgan fingerprint density at radius 1 is 1.27 bits per heavy atom. The first kappa shape index (κ1) is 14.5. The molecule has 0 fully saturated rings. The summed E-state index contributed by atoms with van der Waals surface area (Å²) in [5, 5.41) is 10.9. The van der Waals surface area contributed by atoms with Crippen molar-refractivity contribution < 1.29 is 19.1 Å². The molecule has 4 nitrogen and oxygen atoms in total. The molecule has 0 unspecified atom stereocenters. The number of aromatic nitrogens is 1. The summed E-state index contributed by atoms with van der Waals surface area (Å²) in [6.07, 6.45) is 1.49. The summed E-state index contributed by atoms with van der Waals surface area (Å²) in [5.41, 5.74) is 2.14. The minimum Gasteiger partial charge on any atom is -0.481 e. The van der Waals surface area contributed by atoms with Crippen molar-refractivity contribution in [3.8, 4) is 11.1 Å². The van der Waals surface area contributed by atoms with Crippen molar-refractivity contribution in [1.29, 1.82) is 0 Å². The zero-order valence-corrected chi connectivity index (χ0v) is 12.2. The lowest BCUT2D eigenvalue weighted by Gasteiger charge is -1.97. The maximum absolute atomic E-state index is 14.0. The first-order valence-electron chi connectivity index (χ1n) is 6.66. The van der Waals surface area contributed by atoms with E-state index < -0.39 is 5.97 Å². The highest BCUT2D eigenvalue weighted by Crippen LogP contribution is 2.33. The van der Waals surface area contributed by atoms with Crippen LogP contribution in [0.25, 0.3) is 22.0 Å². The number of aromatic amines is 1. The van der Waals surface area contributed by atoms with Crippen molar-refractivity contribution in [2.45, 2.75) is 12.8 Å². The molecule has 0 radical (unpaired) electrons. The van der Waals surface area contributed by atoms with Crippen LogP contribution < -0.4 is 0 Å². The molecule has 0 aliphatic carbocycles. The second kappa shape index (κ2) is 5.73. The Bertz CT molecular complexity index is 865. The molecule has 1 aromatic carbocycles. The number of hydrogen-bond acceptors (Lipinski definition) is 3. The summed E-state index contributed by atoms with van der Waals surface area (Å²) in [5.74, 6) is -1.53. The van der Waals surface area contributed by atoms with Crippen molar-refractivity contribution in [2.75, 3.05) is 0 Å². The fourth-order valence-corrected chi connectivity index (χ4v) is 3.21. The van der Waals surface area contributed by atoms with E-state index in [1.165, 1.54) is 17.4 Å². The van der Waals surface area contributed by atoms with Gasteiger partial charge in [-0.15, -0.1) is 11.3 Å². The number of carbonyl (C=O) groups is 2. The molecule has 0 atom stereocenters. The second-order valence-electron chi connectivity index (χ2n) is 4.88. The maximum atomic E-state index is 14.0. The number of carboxylic acids is 1. The summed E-state index contributed by atoms with van der Waals surface area (Å²) < 4.78 is 14.0. The molecule has 0 aliphatic rings. The van der Waals surface area contributed by atoms with Gasteiger partial charge in [0.15, 0.2) is 5.78 Å². The Labute approximate surface area is 129 Å². The van der Waals surface area contributed by atoms with E-state index in [-0.39, 0.29) is 24.4 Å². The highest BCUT2D eigenvalue weighted by molar-refractivity contribution is 7.12. The number of nitrogens with one attached hydrogen (secondary N) is 1. The predicted molar refractivity (Wildman–Crippen MR) is 82.8 cm³/mol. The molecule has 22 heavy (non-hydrogen) atoms. The van der Waals surface area contributed by atoms with E-state index in [1.54, 1.807) is 29.8 Å². The van der Waals surface area contributed by atoms with Gasteiger partial charge in [0.1, 0.15) is 5.82 Å². The van der Waals surface area contributed by atoms with Crippen LogP contribution in [0.4, 0.5) is 4.39 Å². The zero-order chi connectivity index (χ0) is 15.7. The Morgan fingerprint density at radius 2 is 2.09 bits per heavy atom. The van der Waals surface area contributed by atoms with Crippen LogP contribution in [0, 0.1) is 5.82 Å². The first-order chi connectivity index (χ1) is 10.6. The van der Waals surface area contributed by atoms with Gasteiger partial charge in [-0.1, -0.05) is 6.07 Å². The van der Waals surface area contributed by atoms with E-state index in [4.69, 9.17) is 5.11 Å². The lowest BCUT2D eigenvalue weighted by molar-refractivity contribution is -0.136. The molecule has 0 spiro atoms. The topological polar surface area (TPSA) is 70.2 Å². The van der Waals surface area contributed by atoms with Crippen LogP contribution in [0.5, 0.6) is 0 Å². The third-order valence-electron chi connectivity index (χ3n) is 3.41. The lowest BCUT2D eigenvalue weighted by atomic mass is 10.1. The van der Waals surface area contributed by atoms with Gasteiger partial charge in [-0.25, -0.2) is 4.39 Å². The molecule has 3 aromatic rings. The molecule has 112 valence electrons. The number of carboxylic acid groups (broad SMARTS) is 1. The summed E-state index contributed by atoms with van der Waals surface area (Å²) in [6.45, 7) is 0. The van der Waals surface area contributed by atoms with Gasteiger partial charge < -0.3 is 10.1 Å². The van der Waals surface area contributed by atoms with Crippen LogP contribution in [-0.2, 0) is 4.79 Å². The van der Waals surface area contributed by atoms with E-state index >= 15 is 0 Å². The molecule has 6 heteroatoms. The molecular weight excluding hydrogens is 305 g/mol. The summed E-state index contributed by atoms with van der Waals surface area (Å²) in [7, 11) is 0. The number of carbonyl (C=O) groups excluding carboxylic acids is 1. The van der Waals surface area contributed by atoms with Crippen molar-refractivity contribution in [3.63, 3.8) is 0 Å². The summed E-state index contributed by atoms with van der Waals surface area (Å²) in [4.78, 5) is 25.9. The van der Waals surface area contributed by atoms with Crippen molar-refractivity contribution >= 4 is 34.0 Å². The monoisotopic (exact) mass is 317 g/mol. The minimum atomic E-state index is -0.996. The summed E-state index contributed by atoms with van der Waals surface area (Å²) >= 11 is 1.24. The quantitative estimate of drug-likeness (QED) is 0.697. The van der Waals surface area contributed by atoms with Crippen LogP contribution in [-0.4, -0.2) is 21.8 Å². The van der Waals surface area contributed by atoms with E-state index in [1.807, 2.05) is 0 Å². The van der Waals surface area contributed by atoms with Crippen LogP contribution in [0.1, 0.15) is 22.5 Å². The zero-order valence-electron chi connectivity index (χ0n) is 11.4. The molecule has 0 saturated heterocycles. The maximum Gasteiger partial charge on any atom is 0.303 e. The molecular formula is C16H12FNO3S. The smallest absolute Gasteiger partial charge is 0.303 e.